The maximum absolute atomic E-state index is 13.1. The van der Waals surface area contributed by atoms with E-state index in [0.717, 1.165) is 69.8 Å². The Hall–Kier alpha value is -2.26. The molecule has 0 aromatic carbocycles. The molecule has 4 rings (SSSR count). The maximum Gasteiger partial charge on any atom is 0.326 e. The molecule has 0 atom stereocenters. The summed E-state index contributed by atoms with van der Waals surface area (Å²) in [6, 6.07) is 0.243. The van der Waals surface area contributed by atoms with Crippen molar-refractivity contribution in [3.05, 3.63) is 17.6 Å². The summed E-state index contributed by atoms with van der Waals surface area (Å²) in [6.45, 7) is 8.84. The number of aliphatic carboxylic acids is 1. The molecular formula is C21H32N6O3. The Morgan fingerprint density at radius 2 is 1.80 bits per heavy atom. The Kier molecular flexibility index (Phi) is 6.48. The highest BCUT2D eigenvalue weighted by atomic mass is 16.4. The van der Waals surface area contributed by atoms with Gasteiger partial charge in [-0.15, -0.1) is 0 Å². The Morgan fingerprint density at radius 1 is 1.07 bits per heavy atom. The van der Waals surface area contributed by atoms with Crippen molar-refractivity contribution in [2.75, 3.05) is 57.3 Å². The third-order valence-corrected chi connectivity index (χ3v) is 6.65. The summed E-state index contributed by atoms with van der Waals surface area (Å²) in [5.41, 5.74) is 2.09. The van der Waals surface area contributed by atoms with Crippen LogP contribution in [0.4, 0.5) is 10.6 Å². The van der Waals surface area contributed by atoms with E-state index in [4.69, 9.17) is 10.1 Å². The van der Waals surface area contributed by atoms with Crippen molar-refractivity contribution in [3.8, 4) is 0 Å². The molecule has 9 nitrogen and oxygen atoms in total. The number of hydrogen-bond donors (Lipinski definition) is 1. The molecule has 3 aliphatic heterocycles. The van der Waals surface area contributed by atoms with Crippen LogP contribution >= 0.6 is 0 Å². The number of aromatic nitrogens is 2. The second kappa shape index (κ2) is 9.26. The van der Waals surface area contributed by atoms with Crippen molar-refractivity contribution in [1.29, 1.82) is 0 Å². The average Bonchev–Trinajstić information content (AvgIpc) is 3.01. The fourth-order valence-electron chi connectivity index (χ4n) is 4.75. The number of hydrogen-bond acceptors (Lipinski definition) is 6. The molecule has 0 spiro atoms. The fourth-order valence-corrected chi connectivity index (χ4v) is 4.75. The first-order valence-corrected chi connectivity index (χ1v) is 11.1. The van der Waals surface area contributed by atoms with Crippen molar-refractivity contribution in [2.45, 2.75) is 45.1 Å². The van der Waals surface area contributed by atoms with Crippen LogP contribution in [0, 0.1) is 0 Å². The zero-order valence-corrected chi connectivity index (χ0v) is 17.8. The number of anilines is 1. The number of carboxylic acid groups (broad SMARTS) is 1. The van der Waals surface area contributed by atoms with E-state index in [9.17, 15) is 9.59 Å². The van der Waals surface area contributed by atoms with Gasteiger partial charge in [0.05, 0.1) is 24.0 Å². The molecule has 1 aromatic rings. The first-order chi connectivity index (χ1) is 14.5. The lowest BCUT2D eigenvalue weighted by Gasteiger charge is -2.36. The molecule has 30 heavy (non-hydrogen) atoms. The Morgan fingerprint density at radius 3 is 2.50 bits per heavy atom. The van der Waals surface area contributed by atoms with Gasteiger partial charge in [0.15, 0.2) is 5.82 Å². The van der Waals surface area contributed by atoms with Crippen LogP contribution in [-0.4, -0.2) is 100 Å². The van der Waals surface area contributed by atoms with Gasteiger partial charge in [0.2, 0.25) is 0 Å². The zero-order valence-electron chi connectivity index (χ0n) is 17.8. The van der Waals surface area contributed by atoms with Crippen molar-refractivity contribution in [2.24, 2.45) is 0 Å². The summed E-state index contributed by atoms with van der Waals surface area (Å²) < 4.78 is 0. The van der Waals surface area contributed by atoms with Crippen molar-refractivity contribution in [1.82, 2.24) is 24.7 Å². The third kappa shape index (κ3) is 4.57. The molecule has 1 N–H and O–H groups in total. The first kappa shape index (κ1) is 21.0. The van der Waals surface area contributed by atoms with Crippen LogP contribution in [0.3, 0.4) is 0 Å². The van der Waals surface area contributed by atoms with Crippen LogP contribution in [0.2, 0.25) is 0 Å². The normalized spacial score (nSPS) is 21.7. The Bertz CT molecular complexity index is 780. The molecule has 3 aliphatic rings. The SMILES string of the molecule is CCN1CCc2ncc(N3CCN(C4CCN(CCC(=O)O)CC4)C3=O)nc2CC1. The van der Waals surface area contributed by atoms with Gasteiger partial charge in [-0.3, -0.25) is 14.7 Å². The van der Waals surface area contributed by atoms with Crippen molar-refractivity contribution < 1.29 is 14.7 Å². The molecule has 4 heterocycles. The molecule has 0 radical (unpaired) electrons. The van der Waals surface area contributed by atoms with Gasteiger partial charge in [-0.05, 0) is 19.4 Å². The van der Waals surface area contributed by atoms with Crippen molar-refractivity contribution >= 4 is 17.8 Å². The van der Waals surface area contributed by atoms with E-state index in [1.165, 1.54) is 0 Å². The molecule has 0 bridgehead atoms. The van der Waals surface area contributed by atoms with Crippen LogP contribution in [0.15, 0.2) is 6.20 Å². The van der Waals surface area contributed by atoms with E-state index in [0.29, 0.717) is 25.5 Å². The van der Waals surface area contributed by atoms with Crippen molar-refractivity contribution in [3.63, 3.8) is 0 Å². The number of rotatable bonds is 6. The number of likely N-dealkylation sites (tertiary alicyclic amines) is 1. The first-order valence-electron chi connectivity index (χ1n) is 11.1. The van der Waals surface area contributed by atoms with Gasteiger partial charge >= 0.3 is 12.0 Å². The molecule has 1 aromatic heterocycles. The summed E-state index contributed by atoms with van der Waals surface area (Å²) in [4.78, 5) is 41.7. The van der Waals surface area contributed by atoms with Gasteiger partial charge in [-0.25, -0.2) is 9.78 Å². The van der Waals surface area contributed by atoms with E-state index in [1.54, 1.807) is 11.1 Å². The number of carboxylic acids is 1. The fraction of sp³-hybridized carbons (Fsp3) is 0.714. The summed E-state index contributed by atoms with van der Waals surface area (Å²) in [5, 5.41) is 8.86. The van der Waals surface area contributed by atoms with Crippen LogP contribution in [0.25, 0.3) is 0 Å². The number of likely N-dealkylation sites (N-methyl/N-ethyl adjacent to an activating group) is 1. The highest BCUT2D eigenvalue weighted by Crippen LogP contribution is 2.25. The molecule has 0 saturated carbocycles. The Labute approximate surface area is 177 Å². The molecule has 2 fully saturated rings. The number of piperidine rings is 1. The zero-order chi connectivity index (χ0) is 21.1. The lowest BCUT2D eigenvalue weighted by Crippen LogP contribution is -2.47. The van der Waals surface area contributed by atoms with Crippen LogP contribution in [-0.2, 0) is 17.6 Å². The third-order valence-electron chi connectivity index (χ3n) is 6.65. The minimum atomic E-state index is -0.758. The van der Waals surface area contributed by atoms with Crippen LogP contribution in [0.5, 0.6) is 0 Å². The van der Waals surface area contributed by atoms with E-state index in [2.05, 4.69) is 21.7 Å². The quantitative estimate of drug-likeness (QED) is 0.742. The highest BCUT2D eigenvalue weighted by Gasteiger charge is 2.37. The predicted octanol–water partition coefficient (Wildman–Crippen LogP) is 1.08. The summed E-state index contributed by atoms with van der Waals surface area (Å²) in [6.07, 6.45) is 5.51. The molecule has 0 aliphatic carbocycles. The number of carbonyl (C=O) groups is 2. The van der Waals surface area contributed by atoms with Gasteiger partial charge in [0.1, 0.15) is 0 Å². The number of fused-ring (bicyclic) bond motifs is 1. The van der Waals surface area contributed by atoms with Crippen LogP contribution in [0.1, 0.15) is 37.6 Å². The molecule has 2 amide bonds. The predicted molar refractivity (Wildman–Crippen MR) is 113 cm³/mol. The highest BCUT2D eigenvalue weighted by molar-refractivity contribution is 5.93. The van der Waals surface area contributed by atoms with Gasteiger partial charge < -0.3 is 19.8 Å². The van der Waals surface area contributed by atoms with Gasteiger partial charge in [-0.2, -0.15) is 0 Å². The van der Waals surface area contributed by atoms with Gasteiger partial charge in [-0.1, -0.05) is 6.92 Å². The van der Waals surface area contributed by atoms with E-state index >= 15 is 0 Å². The monoisotopic (exact) mass is 416 g/mol. The number of nitrogens with zero attached hydrogens (tertiary/aromatic N) is 6. The number of amides is 2. The molecule has 9 heteroatoms. The largest absolute Gasteiger partial charge is 0.481 e. The second-order valence-corrected chi connectivity index (χ2v) is 8.40. The lowest BCUT2D eigenvalue weighted by atomic mass is 10.0. The van der Waals surface area contributed by atoms with E-state index in [-0.39, 0.29) is 18.5 Å². The van der Waals surface area contributed by atoms with E-state index < -0.39 is 5.97 Å². The smallest absolute Gasteiger partial charge is 0.326 e. The second-order valence-electron chi connectivity index (χ2n) is 8.40. The minimum absolute atomic E-state index is 0.0250. The number of urea groups is 1. The molecule has 2 saturated heterocycles. The topological polar surface area (TPSA) is 93.1 Å². The molecule has 0 unspecified atom stereocenters. The summed E-state index contributed by atoms with van der Waals surface area (Å²) in [7, 11) is 0. The summed E-state index contributed by atoms with van der Waals surface area (Å²) in [5.74, 6) is -0.0863. The standard InChI is InChI=1S/C21H32N6O3/c1-2-24-10-5-17-18(6-11-24)23-19(15-22-17)27-14-13-26(21(27)30)16-3-8-25(9-4-16)12-7-20(28)29/h15-16H,2-14H2,1H3,(H,28,29). The molecule has 164 valence electrons. The lowest BCUT2D eigenvalue weighted by molar-refractivity contribution is -0.137. The van der Waals surface area contributed by atoms with Gasteiger partial charge in [0.25, 0.3) is 0 Å². The van der Waals surface area contributed by atoms with E-state index in [1.807, 2.05) is 4.90 Å². The average molecular weight is 417 g/mol. The summed E-state index contributed by atoms with van der Waals surface area (Å²) >= 11 is 0. The Balaban J connectivity index is 1.36. The minimum Gasteiger partial charge on any atom is -0.481 e. The van der Waals surface area contributed by atoms with Crippen LogP contribution < -0.4 is 4.90 Å². The van der Waals surface area contributed by atoms with Gasteiger partial charge in [0, 0.05) is 64.7 Å². The molecular weight excluding hydrogens is 384 g/mol. The number of carbonyl (C=O) groups excluding carboxylic acids is 1. The maximum atomic E-state index is 13.1.